The van der Waals surface area contributed by atoms with E-state index in [1.54, 1.807) is 0 Å². The van der Waals surface area contributed by atoms with Crippen LogP contribution in [-0.2, 0) is 22.7 Å². The van der Waals surface area contributed by atoms with Crippen LogP contribution in [0.3, 0.4) is 0 Å². The van der Waals surface area contributed by atoms with Crippen molar-refractivity contribution < 1.29 is 24.1 Å². The molecule has 11 heteroatoms. The summed E-state index contributed by atoms with van der Waals surface area (Å²) in [6, 6.07) is 17.5. The number of alkyl carbamates (subject to hydrolysis) is 1. The van der Waals surface area contributed by atoms with E-state index in [-0.39, 0.29) is 25.5 Å². The molecule has 0 saturated carbocycles. The molecular weight excluding hydrogens is 560 g/mol. The molecule has 11 nitrogen and oxygen atoms in total. The Morgan fingerprint density at radius 3 is 2.70 bits per heavy atom. The average molecular weight is 601 g/mol. The maximum atomic E-state index is 12.1. The zero-order valence-electron chi connectivity index (χ0n) is 25.2. The second-order valence-electron chi connectivity index (χ2n) is 11.4. The van der Waals surface area contributed by atoms with Gasteiger partial charge in [0, 0.05) is 44.1 Å². The van der Waals surface area contributed by atoms with E-state index >= 15 is 0 Å². The summed E-state index contributed by atoms with van der Waals surface area (Å²) in [6.07, 6.45) is 5.08. The van der Waals surface area contributed by atoms with Crippen molar-refractivity contribution in [1.29, 1.82) is 0 Å². The Kier molecular flexibility index (Phi) is 9.52. The number of fused-ring (bicyclic) bond motifs is 1. The number of anilines is 1. The van der Waals surface area contributed by atoms with E-state index < -0.39 is 6.09 Å². The number of carbonyl (C=O) groups is 1. The highest BCUT2D eigenvalue weighted by atomic mass is 16.5. The number of rotatable bonds is 11. The van der Waals surface area contributed by atoms with Crippen LogP contribution in [0.4, 0.5) is 10.6 Å². The van der Waals surface area contributed by atoms with Crippen LogP contribution in [-0.4, -0.2) is 63.3 Å². The van der Waals surface area contributed by atoms with Gasteiger partial charge in [0.25, 0.3) is 0 Å². The molecule has 4 heterocycles. The van der Waals surface area contributed by atoms with Crippen molar-refractivity contribution in [3.8, 4) is 17.1 Å². The van der Waals surface area contributed by atoms with Crippen LogP contribution in [0.25, 0.3) is 22.3 Å². The first-order chi connectivity index (χ1) is 21.6. The van der Waals surface area contributed by atoms with Crippen LogP contribution in [0.15, 0.2) is 54.6 Å². The lowest BCUT2D eigenvalue weighted by Crippen LogP contribution is -2.28. The van der Waals surface area contributed by atoms with E-state index in [9.17, 15) is 9.90 Å². The topological polar surface area (TPSA) is 124 Å². The third-order valence-electron chi connectivity index (χ3n) is 8.05. The number of aliphatic hydroxyl groups excluding tert-OH is 1. The van der Waals surface area contributed by atoms with Gasteiger partial charge in [0.2, 0.25) is 0 Å². The smallest absolute Gasteiger partial charge is 0.407 e. The zero-order valence-corrected chi connectivity index (χ0v) is 25.2. The lowest BCUT2D eigenvalue weighted by Gasteiger charge is -2.23. The molecule has 4 aromatic rings. The minimum atomic E-state index is -0.454. The number of benzene rings is 2. The van der Waals surface area contributed by atoms with Crippen LogP contribution < -0.4 is 15.0 Å². The molecule has 0 aliphatic carbocycles. The standard InChI is InChI=1S/C33H40N6O5/c1-23(14-15-34-33(41)43-22-24-9-3-2-4-10-24)44-25-12-13-28-26(19-25)32(37-39(28)31-11-5-8-18-42-31)27-20-30(36-29(21-40)35-27)38-16-6-7-17-38/h2-4,9-10,12-13,19-20,23,31,40H,5-8,11,14-18,21-22H2,1H3,(H,34,41)/t23-,31?/m1/s1. The monoisotopic (exact) mass is 600 g/mol. The first kappa shape index (κ1) is 29.8. The van der Waals surface area contributed by atoms with Gasteiger partial charge in [-0.05, 0) is 62.8 Å². The van der Waals surface area contributed by atoms with Gasteiger partial charge in [-0.1, -0.05) is 30.3 Å². The Morgan fingerprint density at radius 1 is 1.09 bits per heavy atom. The number of nitrogens with one attached hydrogen (secondary N) is 1. The SMILES string of the molecule is C[C@H](CCNC(=O)OCc1ccccc1)Oc1ccc2c(c1)c(-c1cc(N3CCCC3)nc(CO)n1)nn2C1CCCCO1. The molecule has 0 radical (unpaired) electrons. The van der Waals surface area contributed by atoms with Gasteiger partial charge >= 0.3 is 6.09 Å². The number of amides is 1. The van der Waals surface area contributed by atoms with Gasteiger partial charge in [0.15, 0.2) is 12.1 Å². The number of nitrogens with zero attached hydrogens (tertiary/aromatic N) is 5. The third-order valence-corrected chi connectivity index (χ3v) is 8.05. The highest BCUT2D eigenvalue weighted by Gasteiger charge is 2.24. The highest BCUT2D eigenvalue weighted by Crippen LogP contribution is 2.35. The van der Waals surface area contributed by atoms with Crippen LogP contribution in [0.5, 0.6) is 5.75 Å². The minimum Gasteiger partial charge on any atom is -0.491 e. The molecule has 2 aromatic carbocycles. The molecular formula is C33H40N6O5. The van der Waals surface area contributed by atoms with Gasteiger partial charge in [-0.3, -0.25) is 0 Å². The lowest BCUT2D eigenvalue weighted by atomic mass is 10.1. The summed E-state index contributed by atoms with van der Waals surface area (Å²) in [4.78, 5) is 23.7. The molecule has 2 aromatic heterocycles. The predicted molar refractivity (Wildman–Crippen MR) is 166 cm³/mol. The molecule has 232 valence electrons. The van der Waals surface area contributed by atoms with Crippen molar-refractivity contribution in [2.24, 2.45) is 0 Å². The number of aromatic nitrogens is 4. The van der Waals surface area contributed by atoms with Crippen LogP contribution in [0.1, 0.15) is 63.1 Å². The van der Waals surface area contributed by atoms with Gasteiger partial charge in [-0.25, -0.2) is 19.4 Å². The summed E-state index contributed by atoms with van der Waals surface area (Å²) >= 11 is 0. The Bertz CT molecular complexity index is 1550. The van der Waals surface area contributed by atoms with E-state index in [0.717, 1.165) is 67.5 Å². The van der Waals surface area contributed by atoms with Gasteiger partial charge in [0.1, 0.15) is 30.5 Å². The Labute approximate surface area is 257 Å². The quantitative estimate of drug-likeness (QED) is 0.234. The highest BCUT2D eigenvalue weighted by molar-refractivity contribution is 5.94. The molecule has 2 fully saturated rings. The van der Waals surface area contributed by atoms with Crippen molar-refractivity contribution >= 4 is 22.8 Å². The molecule has 2 saturated heterocycles. The first-order valence-corrected chi connectivity index (χ1v) is 15.6. The summed E-state index contributed by atoms with van der Waals surface area (Å²) < 4.78 is 19.7. The maximum Gasteiger partial charge on any atom is 0.407 e. The molecule has 2 atom stereocenters. The third kappa shape index (κ3) is 7.11. The fourth-order valence-corrected chi connectivity index (χ4v) is 5.74. The summed E-state index contributed by atoms with van der Waals surface area (Å²) in [5.41, 5.74) is 3.23. The fraction of sp³-hybridized carbons (Fsp3) is 0.455. The summed E-state index contributed by atoms with van der Waals surface area (Å²) in [7, 11) is 0. The predicted octanol–water partition coefficient (Wildman–Crippen LogP) is 5.37. The molecule has 2 N–H and O–H groups in total. The second kappa shape index (κ2) is 14.0. The van der Waals surface area contributed by atoms with Crippen LogP contribution in [0, 0.1) is 0 Å². The second-order valence-corrected chi connectivity index (χ2v) is 11.4. The summed E-state index contributed by atoms with van der Waals surface area (Å²) in [5.74, 6) is 1.87. The van der Waals surface area contributed by atoms with Crippen molar-refractivity contribution in [3.05, 3.63) is 66.0 Å². The van der Waals surface area contributed by atoms with E-state index in [0.29, 0.717) is 42.5 Å². The summed E-state index contributed by atoms with van der Waals surface area (Å²) in [5, 5.41) is 18.7. The van der Waals surface area contributed by atoms with Gasteiger partial charge in [-0.15, -0.1) is 0 Å². The number of hydrogen-bond acceptors (Lipinski definition) is 9. The minimum absolute atomic E-state index is 0.157. The van der Waals surface area contributed by atoms with Crippen molar-refractivity contribution in [2.45, 2.75) is 71.0 Å². The molecule has 1 amide bonds. The molecule has 1 unspecified atom stereocenters. The molecule has 0 bridgehead atoms. The number of carbonyl (C=O) groups excluding carboxylic acids is 1. The largest absolute Gasteiger partial charge is 0.491 e. The molecule has 6 rings (SSSR count). The average Bonchev–Trinajstić information content (AvgIpc) is 3.73. The van der Waals surface area contributed by atoms with E-state index in [2.05, 4.69) is 20.2 Å². The van der Waals surface area contributed by atoms with Gasteiger partial charge in [-0.2, -0.15) is 5.10 Å². The Balaban J connectivity index is 1.19. The van der Waals surface area contributed by atoms with E-state index in [4.69, 9.17) is 19.3 Å². The number of hydrogen-bond donors (Lipinski definition) is 2. The number of ether oxygens (including phenoxy) is 3. The Hall–Kier alpha value is -4.22. The Morgan fingerprint density at radius 2 is 1.93 bits per heavy atom. The van der Waals surface area contributed by atoms with E-state index in [1.165, 1.54) is 0 Å². The molecule has 2 aliphatic rings. The fourth-order valence-electron chi connectivity index (χ4n) is 5.74. The van der Waals surface area contributed by atoms with Crippen molar-refractivity contribution in [3.63, 3.8) is 0 Å². The summed E-state index contributed by atoms with van der Waals surface area (Å²) in [6.45, 7) is 4.94. The number of aliphatic hydroxyl groups is 1. The van der Waals surface area contributed by atoms with Crippen LogP contribution >= 0.6 is 0 Å². The first-order valence-electron chi connectivity index (χ1n) is 15.6. The maximum absolute atomic E-state index is 12.1. The normalized spacial score (nSPS) is 17.5. The lowest BCUT2D eigenvalue weighted by molar-refractivity contribution is -0.0365. The van der Waals surface area contributed by atoms with E-state index in [1.807, 2.05) is 66.2 Å². The van der Waals surface area contributed by atoms with Gasteiger partial charge in [0.05, 0.1) is 17.3 Å². The van der Waals surface area contributed by atoms with Crippen LogP contribution in [0.2, 0.25) is 0 Å². The van der Waals surface area contributed by atoms with Crippen molar-refractivity contribution in [1.82, 2.24) is 25.1 Å². The molecule has 2 aliphatic heterocycles. The zero-order chi connectivity index (χ0) is 30.3. The molecule has 0 spiro atoms. The van der Waals surface area contributed by atoms with Gasteiger partial charge < -0.3 is 29.5 Å². The van der Waals surface area contributed by atoms with Crippen molar-refractivity contribution in [2.75, 3.05) is 31.1 Å². The molecule has 44 heavy (non-hydrogen) atoms.